The zero-order chi connectivity index (χ0) is 17.1. The van der Waals surface area contributed by atoms with E-state index < -0.39 is 0 Å². The van der Waals surface area contributed by atoms with Crippen LogP contribution in [0.25, 0.3) is 0 Å². The van der Waals surface area contributed by atoms with E-state index in [9.17, 15) is 0 Å². The van der Waals surface area contributed by atoms with Gasteiger partial charge in [-0.3, -0.25) is 0 Å². The minimum atomic E-state index is 0.275. The second-order valence-corrected chi connectivity index (χ2v) is 6.76. The molecule has 0 aliphatic carbocycles. The average Bonchev–Trinajstić information content (AvgIpc) is 2.53. The van der Waals surface area contributed by atoms with Gasteiger partial charge in [-0.05, 0) is 62.2 Å². The Balaban J connectivity index is 1.67. The van der Waals surface area contributed by atoms with Crippen LogP contribution in [0.2, 0.25) is 0 Å². The van der Waals surface area contributed by atoms with E-state index in [1.807, 2.05) is 12.1 Å². The monoisotopic (exact) mass is 325 g/mol. The van der Waals surface area contributed by atoms with E-state index in [0.29, 0.717) is 0 Å². The maximum Gasteiger partial charge on any atom is 0.0726 e. The van der Waals surface area contributed by atoms with Gasteiger partial charge in [0.15, 0.2) is 0 Å². The predicted octanol–water partition coefficient (Wildman–Crippen LogP) is 3.80. The first-order valence-corrected chi connectivity index (χ1v) is 8.60. The summed E-state index contributed by atoms with van der Waals surface area (Å²) in [5.74, 6) is 0. The summed E-state index contributed by atoms with van der Waals surface area (Å²) in [7, 11) is 0. The number of morpholine rings is 1. The van der Waals surface area contributed by atoms with Crippen molar-refractivity contribution in [3.05, 3.63) is 53.6 Å². The van der Waals surface area contributed by atoms with Gasteiger partial charge in [-0.25, -0.2) is 0 Å². The summed E-state index contributed by atoms with van der Waals surface area (Å²) in [6.07, 6.45) is 0.549. The first-order chi connectivity index (χ1) is 11.5. The van der Waals surface area contributed by atoms with E-state index in [0.717, 1.165) is 31.0 Å². The molecule has 0 radical (unpaired) electrons. The molecule has 1 aliphatic heterocycles. The lowest BCUT2D eigenvalue weighted by Gasteiger charge is -2.37. The molecule has 128 valence electrons. The van der Waals surface area contributed by atoms with Crippen molar-refractivity contribution in [3.8, 4) is 0 Å². The summed E-state index contributed by atoms with van der Waals surface area (Å²) in [4.78, 5) is 2.43. The smallest absolute Gasteiger partial charge is 0.0726 e. The van der Waals surface area contributed by atoms with Gasteiger partial charge in [-0.15, -0.1) is 0 Å². The normalized spacial score (nSPS) is 20.9. The number of nitrogens with one attached hydrogen (secondary N) is 1. The number of nitrogens with zero attached hydrogens (tertiary/aromatic N) is 1. The van der Waals surface area contributed by atoms with Crippen molar-refractivity contribution in [1.29, 1.82) is 0 Å². The van der Waals surface area contributed by atoms with E-state index in [2.05, 4.69) is 61.3 Å². The summed E-state index contributed by atoms with van der Waals surface area (Å²) >= 11 is 0. The third kappa shape index (κ3) is 4.01. The maximum absolute atomic E-state index is 5.83. The van der Waals surface area contributed by atoms with E-state index >= 15 is 0 Å². The Kier molecular flexibility index (Phi) is 4.95. The molecule has 1 heterocycles. The van der Waals surface area contributed by atoms with Gasteiger partial charge >= 0.3 is 0 Å². The summed E-state index contributed by atoms with van der Waals surface area (Å²) in [6.45, 7) is 9.15. The van der Waals surface area contributed by atoms with E-state index in [1.54, 1.807) is 0 Å². The molecule has 0 spiro atoms. The van der Waals surface area contributed by atoms with Crippen molar-refractivity contribution in [1.82, 2.24) is 0 Å². The molecule has 3 rings (SSSR count). The molecule has 1 fully saturated rings. The fourth-order valence-electron chi connectivity index (χ4n) is 3.33. The zero-order valence-corrected chi connectivity index (χ0v) is 14.8. The van der Waals surface area contributed by atoms with Crippen LogP contribution in [0.5, 0.6) is 0 Å². The third-order valence-electron chi connectivity index (χ3n) is 4.43. The van der Waals surface area contributed by atoms with Gasteiger partial charge in [0.05, 0.1) is 12.2 Å². The molecule has 4 nitrogen and oxygen atoms in total. The quantitative estimate of drug-likeness (QED) is 0.840. The standard InChI is InChI=1S/C20H27N3O/c1-14-10-19(22-11-17-4-6-18(21)7-5-17)8-9-20(14)23-12-15(2)24-16(3)13-23/h4-10,15-16,22H,11-13,21H2,1-3H3/t15-,16+. The van der Waals surface area contributed by atoms with Gasteiger partial charge in [0, 0.05) is 36.7 Å². The Bertz CT molecular complexity index is 674. The molecule has 0 amide bonds. The molecule has 0 bridgehead atoms. The molecule has 0 unspecified atom stereocenters. The molecule has 2 aromatic carbocycles. The van der Waals surface area contributed by atoms with Gasteiger partial charge in [0.25, 0.3) is 0 Å². The molecule has 1 saturated heterocycles. The van der Waals surface area contributed by atoms with Crippen molar-refractivity contribution < 1.29 is 4.74 Å². The number of anilines is 3. The largest absolute Gasteiger partial charge is 0.399 e. The van der Waals surface area contributed by atoms with E-state index in [1.165, 1.54) is 16.8 Å². The van der Waals surface area contributed by atoms with Crippen LogP contribution in [0.3, 0.4) is 0 Å². The molecule has 2 aromatic rings. The Morgan fingerprint density at radius 3 is 2.38 bits per heavy atom. The van der Waals surface area contributed by atoms with Gasteiger partial charge < -0.3 is 20.7 Å². The van der Waals surface area contributed by atoms with Gasteiger partial charge in [-0.1, -0.05) is 12.1 Å². The van der Waals surface area contributed by atoms with Crippen molar-refractivity contribution in [2.24, 2.45) is 0 Å². The fourth-order valence-corrected chi connectivity index (χ4v) is 3.33. The Labute approximate surface area is 144 Å². The van der Waals surface area contributed by atoms with Crippen molar-refractivity contribution in [2.45, 2.75) is 39.5 Å². The SMILES string of the molecule is Cc1cc(NCc2ccc(N)cc2)ccc1N1C[C@@H](C)O[C@@H](C)C1. The van der Waals surface area contributed by atoms with Crippen LogP contribution in [0.4, 0.5) is 17.1 Å². The fraction of sp³-hybridized carbons (Fsp3) is 0.400. The van der Waals surface area contributed by atoms with Crippen LogP contribution in [0, 0.1) is 6.92 Å². The second-order valence-electron chi connectivity index (χ2n) is 6.76. The average molecular weight is 325 g/mol. The number of rotatable bonds is 4. The van der Waals surface area contributed by atoms with Crippen molar-refractivity contribution >= 4 is 17.1 Å². The number of nitrogen functional groups attached to an aromatic ring is 1. The number of benzene rings is 2. The Morgan fingerprint density at radius 2 is 1.75 bits per heavy atom. The summed E-state index contributed by atoms with van der Waals surface area (Å²) in [5.41, 5.74) is 11.5. The molecule has 1 aliphatic rings. The highest BCUT2D eigenvalue weighted by Gasteiger charge is 2.23. The number of ether oxygens (including phenoxy) is 1. The number of hydrogen-bond acceptors (Lipinski definition) is 4. The minimum Gasteiger partial charge on any atom is -0.399 e. The number of nitrogens with two attached hydrogens (primary N) is 1. The molecular weight excluding hydrogens is 298 g/mol. The van der Waals surface area contributed by atoms with Crippen LogP contribution in [0.1, 0.15) is 25.0 Å². The predicted molar refractivity (Wildman–Crippen MR) is 102 cm³/mol. The van der Waals surface area contributed by atoms with Crippen molar-refractivity contribution in [3.63, 3.8) is 0 Å². The van der Waals surface area contributed by atoms with Gasteiger partial charge in [0.1, 0.15) is 0 Å². The van der Waals surface area contributed by atoms with E-state index in [4.69, 9.17) is 10.5 Å². The van der Waals surface area contributed by atoms with E-state index in [-0.39, 0.29) is 12.2 Å². The van der Waals surface area contributed by atoms with Crippen LogP contribution >= 0.6 is 0 Å². The third-order valence-corrected chi connectivity index (χ3v) is 4.43. The van der Waals surface area contributed by atoms with Crippen molar-refractivity contribution in [2.75, 3.05) is 29.0 Å². The zero-order valence-electron chi connectivity index (χ0n) is 14.8. The molecule has 0 aromatic heterocycles. The van der Waals surface area contributed by atoms with Gasteiger partial charge in [0.2, 0.25) is 0 Å². The van der Waals surface area contributed by atoms with Gasteiger partial charge in [-0.2, -0.15) is 0 Å². The highest BCUT2D eigenvalue weighted by Crippen LogP contribution is 2.27. The molecule has 4 heteroatoms. The highest BCUT2D eigenvalue weighted by atomic mass is 16.5. The Morgan fingerprint density at radius 1 is 1.08 bits per heavy atom. The molecule has 0 saturated carbocycles. The maximum atomic E-state index is 5.83. The molecular formula is C20H27N3O. The first-order valence-electron chi connectivity index (χ1n) is 8.60. The van der Waals surface area contributed by atoms with Crippen LogP contribution in [-0.2, 0) is 11.3 Å². The van der Waals surface area contributed by atoms with Crippen LogP contribution in [-0.4, -0.2) is 25.3 Å². The molecule has 24 heavy (non-hydrogen) atoms. The summed E-state index contributed by atoms with van der Waals surface area (Å²) in [5, 5.41) is 3.48. The lowest BCUT2D eigenvalue weighted by Crippen LogP contribution is -2.45. The second kappa shape index (κ2) is 7.14. The Hall–Kier alpha value is -2.20. The van der Waals surface area contributed by atoms with Crippen LogP contribution < -0.4 is 16.0 Å². The summed E-state index contributed by atoms with van der Waals surface area (Å²) in [6, 6.07) is 14.6. The number of hydrogen-bond donors (Lipinski definition) is 2. The molecule has 3 N–H and O–H groups in total. The summed E-state index contributed by atoms with van der Waals surface area (Å²) < 4.78 is 5.83. The lowest BCUT2D eigenvalue weighted by atomic mass is 10.1. The molecule has 2 atom stereocenters. The minimum absolute atomic E-state index is 0.275. The first kappa shape index (κ1) is 16.7. The lowest BCUT2D eigenvalue weighted by molar-refractivity contribution is -0.00524. The number of aryl methyl sites for hydroxylation is 1. The highest BCUT2D eigenvalue weighted by molar-refractivity contribution is 5.61. The topological polar surface area (TPSA) is 50.5 Å². The van der Waals surface area contributed by atoms with Crippen LogP contribution in [0.15, 0.2) is 42.5 Å².